The summed E-state index contributed by atoms with van der Waals surface area (Å²) >= 11 is 3.05. The quantitative estimate of drug-likeness (QED) is 0.810. The van der Waals surface area contributed by atoms with Gasteiger partial charge >= 0.3 is 0 Å². The molecule has 0 aliphatic rings. The van der Waals surface area contributed by atoms with Crippen molar-refractivity contribution in [3.63, 3.8) is 0 Å². The fourth-order valence-electron chi connectivity index (χ4n) is 0.894. The first-order valence-electron chi connectivity index (χ1n) is 3.29. The van der Waals surface area contributed by atoms with Crippen molar-refractivity contribution in [3.8, 4) is 11.5 Å². The fourth-order valence-corrected chi connectivity index (χ4v) is 1.28. The lowest BCUT2D eigenvalue weighted by Gasteiger charge is -2.08. The molecule has 0 spiro atoms. The predicted molar refractivity (Wildman–Crippen MR) is 47.1 cm³/mol. The first-order chi connectivity index (χ1) is 5.57. The highest BCUT2D eigenvalue weighted by Gasteiger charge is 2.12. The molecule has 0 saturated heterocycles. The molecule has 0 aliphatic carbocycles. The molecule has 0 fully saturated rings. The highest BCUT2D eigenvalue weighted by Crippen LogP contribution is 2.35. The average Bonchev–Trinajstić information content (AvgIpc) is 2.08. The second-order valence-electron chi connectivity index (χ2n) is 2.35. The van der Waals surface area contributed by atoms with Crippen LogP contribution in [0.25, 0.3) is 0 Å². The molecule has 0 amide bonds. The molecule has 0 heterocycles. The van der Waals surface area contributed by atoms with Gasteiger partial charge in [-0.15, -0.1) is 0 Å². The van der Waals surface area contributed by atoms with E-state index >= 15 is 0 Å². The molecule has 2 nitrogen and oxygen atoms in total. The molecule has 1 N–H and O–H groups in total. The van der Waals surface area contributed by atoms with Crippen LogP contribution in [0.4, 0.5) is 4.39 Å². The summed E-state index contributed by atoms with van der Waals surface area (Å²) in [4.78, 5) is 0. The maximum atomic E-state index is 12.8. The van der Waals surface area contributed by atoms with Gasteiger partial charge in [0.05, 0.1) is 11.6 Å². The zero-order valence-electron chi connectivity index (χ0n) is 6.69. The van der Waals surface area contributed by atoms with E-state index in [9.17, 15) is 4.39 Å². The van der Waals surface area contributed by atoms with Gasteiger partial charge < -0.3 is 9.84 Å². The van der Waals surface area contributed by atoms with E-state index in [0.717, 1.165) is 6.07 Å². The Bertz CT molecular complexity index is 312. The van der Waals surface area contributed by atoms with Crippen molar-refractivity contribution in [2.45, 2.75) is 6.92 Å². The fraction of sp³-hybridized carbons (Fsp3) is 0.250. The van der Waals surface area contributed by atoms with Crippen LogP contribution in [0, 0.1) is 12.7 Å². The Morgan fingerprint density at radius 3 is 2.67 bits per heavy atom. The summed E-state index contributed by atoms with van der Waals surface area (Å²) < 4.78 is 18.1. The molecule has 0 saturated carbocycles. The van der Waals surface area contributed by atoms with Gasteiger partial charge in [0.15, 0.2) is 11.6 Å². The number of ether oxygens (including phenoxy) is 1. The summed E-state index contributed by atoms with van der Waals surface area (Å²) in [6.45, 7) is 1.72. The number of phenolic OH excluding ortho intramolecular Hbond substituents is 1. The van der Waals surface area contributed by atoms with E-state index in [1.54, 1.807) is 6.92 Å². The van der Waals surface area contributed by atoms with E-state index in [-0.39, 0.29) is 5.75 Å². The van der Waals surface area contributed by atoms with Crippen molar-refractivity contribution < 1.29 is 14.2 Å². The van der Waals surface area contributed by atoms with Crippen LogP contribution in [0.3, 0.4) is 0 Å². The van der Waals surface area contributed by atoms with Gasteiger partial charge in [0, 0.05) is 11.6 Å². The van der Waals surface area contributed by atoms with E-state index in [1.165, 1.54) is 7.11 Å². The number of rotatable bonds is 1. The number of hydrogen-bond acceptors (Lipinski definition) is 2. The maximum Gasteiger partial charge on any atom is 0.169 e. The van der Waals surface area contributed by atoms with E-state index in [0.29, 0.717) is 15.8 Å². The lowest BCUT2D eigenvalue weighted by atomic mass is 10.2. The number of benzene rings is 1. The van der Waals surface area contributed by atoms with Crippen LogP contribution in [-0.4, -0.2) is 12.2 Å². The molecule has 1 aromatic rings. The molecule has 12 heavy (non-hydrogen) atoms. The van der Waals surface area contributed by atoms with Gasteiger partial charge in [0.25, 0.3) is 0 Å². The monoisotopic (exact) mass is 234 g/mol. The Morgan fingerprint density at radius 1 is 1.58 bits per heavy atom. The summed E-state index contributed by atoms with van der Waals surface area (Å²) in [6, 6.07) is 1.15. The SMILES string of the molecule is COc1cc(F)c(O)c(Br)c1C. The molecule has 0 unspecified atom stereocenters. The first kappa shape index (κ1) is 9.32. The van der Waals surface area contributed by atoms with Crippen LogP contribution < -0.4 is 4.74 Å². The highest BCUT2D eigenvalue weighted by molar-refractivity contribution is 9.10. The lowest BCUT2D eigenvalue weighted by molar-refractivity contribution is 0.394. The van der Waals surface area contributed by atoms with E-state index in [2.05, 4.69) is 15.9 Å². The van der Waals surface area contributed by atoms with Crippen LogP contribution in [0.1, 0.15) is 5.56 Å². The molecular formula is C8H8BrFO2. The van der Waals surface area contributed by atoms with Gasteiger partial charge in [-0.3, -0.25) is 0 Å². The number of methoxy groups -OCH3 is 1. The summed E-state index contributed by atoms with van der Waals surface area (Å²) in [6.07, 6.45) is 0. The van der Waals surface area contributed by atoms with Crippen LogP contribution >= 0.6 is 15.9 Å². The molecule has 0 radical (unpaired) electrons. The molecule has 0 atom stereocenters. The summed E-state index contributed by atoms with van der Waals surface area (Å²) in [5.41, 5.74) is 0.677. The van der Waals surface area contributed by atoms with Crippen LogP contribution in [0.5, 0.6) is 11.5 Å². The highest BCUT2D eigenvalue weighted by atomic mass is 79.9. The maximum absolute atomic E-state index is 12.8. The molecule has 1 rings (SSSR count). The van der Waals surface area contributed by atoms with Crippen LogP contribution in [0.2, 0.25) is 0 Å². The third kappa shape index (κ3) is 1.39. The Labute approximate surface area is 78.1 Å². The Hall–Kier alpha value is -0.770. The Morgan fingerprint density at radius 2 is 2.17 bits per heavy atom. The Balaban J connectivity index is 3.39. The molecule has 66 valence electrons. The average molecular weight is 235 g/mol. The van der Waals surface area contributed by atoms with Gasteiger partial charge in [-0.25, -0.2) is 4.39 Å². The van der Waals surface area contributed by atoms with E-state index in [4.69, 9.17) is 9.84 Å². The van der Waals surface area contributed by atoms with Crippen molar-refractivity contribution in [1.82, 2.24) is 0 Å². The van der Waals surface area contributed by atoms with Gasteiger partial charge in [-0.05, 0) is 22.9 Å². The third-order valence-corrected chi connectivity index (χ3v) is 2.58. The van der Waals surface area contributed by atoms with Gasteiger partial charge in [0.2, 0.25) is 0 Å². The number of phenols is 1. The zero-order chi connectivity index (χ0) is 9.30. The molecule has 1 aromatic carbocycles. The molecule has 0 aromatic heterocycles. The normalized spacial score (nSPS) is 10.0. The predicted octanol–water partition coefficient (Wildman–Crippen LogP) is 2.61. The minimum Gasteiger partial charge on any atom is -0.504 e. The van der Waals surface area contributed by atoms with Gasteiger partial charge in [-0.2, -0.15) is 0 Å². The standard InChI is InChI=1S/C8H8BrFO2/c1-4-6(12-2)3-5(10)8(11)7(4)9/h3,11H,1-2H3. The third-order valence-electron chi connectivity index (χ3n) is 1.61. The molecule has 0 bridgehead atoms. The lowest BCUT2D eigenvalue weighted by Crippen LogP contribution is -1.90. The molecular weight excluding hydrogens is 227 g/mol. The molecule has 0 aliphatic heterocycles. The largest absolute Gasteiger partial charge is 0.504 e. The van der Waals surface area contributed by atoms with Gasteiger partial charge in [0.1, 0.15) is 5.75 Å². The molecule has 4 heteroatoms. The summed E-state index contributed by atoms with van der Waals surface area (Å²) in [7, 11) is 1.45. The van der Waals surface area contributed by atoms with Crippen LogP contribution in [-0.2, 0) is 0 Å². The number of aromatic hydroxyl groups is 1. The van der Waals surface area contributed by atoms with Crippen molar-refractivity contribution in [1.29, 1.82) is 0 Å². The second kappa shape index (κ2) is 3.31. The number of halogens is 2. The smallest absolute Gasteiger partial charge is 0.169 e. The second-order valence-corrected chi connectivity index (χ2v) is 3.14. The van der Waals surface area contributed by atoms with E-state index < -0.39 is 5.82 Å². The number of hydrogen-bond donors (Lipinski definition) is 1. The van der Waals surface area contributed by atoms with Gasteiger partial charge in [-0.1, -0.05) is 0 Å². The van der Waals surface area contributed by atoms with Crippen molar-refractivity contribution in [2.75, 3.05) is 7.11 Å². The Kier molecular flexibility index (Phi) is 2.57. The topological polar surface area (TPSA) is 29.5 Å². The van der Waals surface area contributed by atoms with Crippen molar-refractivity contribution >= 4 is 15.9 Å². The first-order valence-corrected chi connectivity index (χ1v) is 4.08. The van der Waals surface area contributed by atoms with E-state index in [1.807, 2.05) is 0 Å². The van der Waals surface area contributed by atoms with Crippen LogP contribution in [0.15, 0.2) is 10.5 Å². The minimum atomic E-state index is -0.690. The summed E-state index contributed by atoms with van der Waals surface area (Å²) in [5.74, 6) is -0.658. The van der Waals surface area contributed by atoms with Crippen molar-refractivity contribution in [2.24, 2.45) is 0 Å². The summed E-state index contributed by atoms with van der Waals surface area (Å²) in [5, 5.41) is 9.13. The van der Waals surface area contributed by atoms with Crippen molar-refractivity contribution in [3.05, 3.63) is 21.9 Å². The minimum absolute atomic E-state index is 0.333. The zero-order valence-corrected chi connectivity index (χ0v) is 8.27.